The van der Waals surface area contributed by atoms with Gasteiger partial charge in [0.1, 0.15) is 5.75 Å². The second-order valence-corrected chi connectivity index (χ2v) is 4.55. The Kier molecular flexibility index (Phi) is 4.74. The van der Waals surface area contributed by atoms with E-state index in [0.717, 1.165) is 16.7 Å². The largest absolute Gasteiger partial charge is 0.508 e. The number of phenolic OH excluding ortho intramolecular Hbond substituents is 1. The zero-order chi connectivity index (χ0) is 14.4. The molecule has 0 aromatic heterocycles. The maximum atomic E-state index is 10.9. The van der Waals surface area contributed by atoms with Gasteiger partial charge in [-0.05, 0) is 35.6 Å². The highest BCUT2D eigenvalue weighted by molar-refractivity contribution is 5.69. The second-order valence-electron chi connectivity index (χ2n) is 4.55. The molecule has 4 nitrogen and oxygen atoms in total. The Morgan fingerprint density at radius 3 is 2.50 bits per heavy atom. The van der Waals surface area contributed by atoms with Crippen LogP contribution in [0.1, 0.15) is 18.4 Å². The molecule has 2 aromatic rings. The molecule has 0 radical (unpaired) electrons. The number of carbonyl (C=O) groups is 1. The van der Waals surface area contributed by atoms with E-state index in [0.29, 0.717) is 12.8 Å². The van der Waals surface area contributed by atoms with E-state index in [2.05, 4.69) is 4.84 Å². The summed E-state index contributed by atoms with van der Waals surface area (Å²) in [4.78, 5) is 15.0. The van der Waals surface area contributed by atoms with Crippen molar-refractivity contribution in [3.05, 3.63) is 54.1 Å². The molecule has 0 aliphatic heterocycles. The lowest BCUT2D eigenvalue weighted by molar-refractivity contribution is -0.144. The van der Waals surface area contributed by atoms with Crippen LogP contribution in [0, 0.1) is 0 Å². The van der Waals surface area contributed by atoms with E-state index in [1.165, 1.54) is 0 Å². The molecule has 0 amide bonds. The topological polar surface area (TPSA) is 72.5 Å². The van der Waals surface area contributed by atoms with Crippen LogP contribution >= 0.6 is 0 Å². The highest BCUT2D eigenvalue weighted by Crippen LogP contribution is 2.27. The van der Waals surface area contributed by atoms with Crippen molar-refractivity contribution in [3.8, 4) is 16.9 Å². The molecule has 4 heteroatoms. The van der Waals surface area contributed by atoms with E-state index in [-0.39, 0.29) is 12.2 Å². The third-order valence-electron chi connectivity index (χ3n) is 3.15. The molecule has 3 N–H and O–H groups in total. The summed E-state index contributed by atoms with van der Waals surface area (Å²) in [6, 6.07) is 15.4. The number of nitrogens with two attached hydrogens (primary N) is 1. The fourth-order valence-electron chi connectivity index (χ4n) is 2.07. The van der Waals surface area contributed by atoms with Gasteiger partial charge in [-0.2, -0.15) is 5.90 Å². The lowest BCUT2D eigenvalue weighted by atomic mass is 10.0. The minimum Gasteiger partial charge on any atom is -0.508 e. The summed E-state index contributed by atoms with van der Waals surface area (Å²) in [6.07, 6.45) is 1.45. The van der Waals surface area contributed by atoms with Gasteiger partial charge in [-0.1, -0.05) is 42.5 Å². The third kappa shape index (κ3) is 3.59. The van der Waals surface area contributed by atoms with Crippen molar-refractivity contribution < 1.29 is 14.7 Å². The number of hydrogen-bond acceptors (Lipinski definition) is 4. The average Bonchev–Trinajstić information content (AvgIpc) is 2.49. The summed E-state index contributed by atoms with van der Waals surface area (Å²) >= 11 is 0. The van der Waals surface area contributed by atoms with Crippen LogP contribution in [0.2, 0.25) is 0 Å². The molecule has 0 saturated heterocycles. The number of benzene rings is 2. The van der Waals surface area contributed by atoms with E-state index in [4.69, 9.17) is 5.90 Å². The van der Waals surface area contributed by atoms with Gasteiger partial charge in [0, 0.05) is 6.42 Å². The quantitative estimate of drug-likeness (QED) is 0.820. The van der Waals surface area contributed by atoms with Gasteiger partial charge in [-0.15, -0.1) is 0 Å². The van der Waals surface area contributed by atoms with Crippen molar-refractivity contribution in [3.63, 3.8) is 0 Å². The Bertz CT molecular complexity index is 582. The summed E-state index contributed by atoms with van der Waals surface area (Å²) in [7, 11) is 0. The van der Waals surface area contributed by atoms with Crippen LogP contribution in [0.4, 0.5) is 0 Å². The fourth-order valence-corrected chi connectivity index (χ4v) is 2.07. The minimum absolute atomic E-state index is 0.243. The van der Waals surface area contributed by atoms with Crippen LogP contribution < -0.4 is 5.90 Å². The van der Waals surface area contributed by atoms with Crippen molar-refractivity contribution in [2.24, 2.45) is 5.90 Å². The molecule has 0 fully saturated rings. The number of hydrogen-bond donors (Lipinski definition) is 2. The van der Waals surface area contributed by atoms with Crippen molar-refractivity contribution in [2.45, 2.75) is 19.3 Å². The van der Waals surface area contributed by atoms with E-state index >= 15 is 0 Å². The molecule has 0 aliphatic rings. The third-order valence-corrected chi connectivity index (χ3v) is 3.15. The number of aryl methyl sites for hydroxylation is 1. The summed E-state index contributed by atoms with van der Waals surface area (Å²) in [6.45, 7) is 0. The van der Waals surface area contributed by atoms with E-state index in [9.17, 15) is 9.90 Å². The zero-order valence-corrected chi connectivity index (χ0v) is 11.1. The highest BCUT2D eigenvalue weighted by atomic mass is 16.7. The van der Waals surface area contributed by atoms with Gasteiger partial charge < -0.3 is 9.94 Å². The predicted molar refractivity (Wildman–Crippen MR) is 76.8 cm³/mol. The number of carbonyl (C=O) groups excluding carboxylic acids is 1. The van der Waals surface area contributed by atoms with Crippen molar-refractivity contribution >= 4 is 5.97 Å². The molecule has 104 valence electrons. The van der Waals surface area contributed by atoms with Gasteiger partial charge in [-0.3, -0.25) is 4.79 Å². The summed E-state index contributed by atoms with van der Waals surface area (Å²) in [5.74, 6) is 4.57. The Morgan fingerprint density at radius 1 is 1.10 bits per heavy atom. The number of aromatic hydroxyl groups is 1. The van der Waals surface area contributed by atoms with E-state index in [1.54, 1.807) is 6.07 Å². The van der Waals surface area contributed by atoms with Crippen LogP contribution in [-0.4, -0.2) is 11.1 Å². The van der Waals surface area contributed by atoms with Gasteiger partial charge in [0.25, 0.3) is 0 Å². The Hall–Kier alpha value is -2.33. The SMILES string of the molecule is NOC(=O)CCCc1ccc(-c2ccccc2)cc1O. The van der Waals surface area contributed by atoms with Gasteiger partial charge in [-0.25, -0.2) is 0 Å². The van der Waals surface area contributed by atoms with Crippen LogP contribution in [-0.2, 0) is 16.1 Å². The molecular formula is C16H17NO3. The second kappa shape index (κ2) is 6.73. The first kappa shape index (κ1) is 14.1. The summed E-state index contributed by atoms with van der Waals surface area (Å²) < 4.78 is 0. The monoisotopic (exact) mass is 271 g/mol. The number of rotatable bonds is 5. The van der Waals surface area contributed by atoms with Crippen molar-refractivity contribution in [1.29, 1.82) is 0 Å². The predicted octanol–water partition coefficient (Wildman–Crippen LogP) is 2.80. The molecule has 20 heavy (non-hydrogen) atoms. The van der Waals surface area contributed by atoms with Gasteiger partial charge in [0.2, 0.25) is 0 Å². The molecule has 0 spiro atoms. The van der Waals surface area contributed by atoms with Gasteiger partial charge in [0.15, 0.2) is 0 Å². The fraction of sp³-hybridized carbons (Fsp3) is 0.188. The molecule has 0 aliphatic carbocycles. The first-order chi connectivity index (χ1) is 9.70. The molecule has 0 atom stereocenters. The van der Waals surface area contributed by atoms with Crippen molar-refractivity contribution in [2.75, 3.05) is 0 Å². The van der Waals surface area contributed by atoms with Crippen LogP contribution in [0.5, 0.6) is 5.75 Å². The zero-order valence-electron chi connectivity index (χ0n) is 11.1. The molecule has 0 bridgehead atoms. The first-order valence-electron chi connectivity index (χ1n) is 6.47. The highest BCUT2D eigenvalue weighted by Gasteiger charge is 2.06. The molecule has 0 saturated carbocycles. The van der Waals surface area contributed by atoms with Gasteiger partial charge in [0.05, 0.1) is 0 Å². The van der Waals surface area contributed by atoms with Crippen LogP contribution in [0.15, 0.2) is 48.5 Å². The van der Waals surface area contributed by atoms with Crippen molar-refractivity contribution in [1.82, 2.24) is 0 Å². The standard InChI is InChI=1S/C16H17NO3/c17-20-16(19)8-4-7-13-9-10-14(11-15(13)18)12-5-2-1-3-6-12/h1-3,5-6,9-11,18H,4,7-8,17H2. The maximum absolute atomic E-state index is 10.9. The normalized spacial score (nSPS) is 10.2. The molecular weight excluding hydrogens is 254 g/mol. The van der Waals surface area contributed by atoms with E-state index < -0.39 is 5.97 Å². The average molecular weight is 271 g/mol. The maximum Gasteiger partial charge on any atom is 0.324 e. The minimum atomic E-state index is -0.439. The molecule has 2 rings (SSSR count). The smallest absolute Gasteiger partial charge is 0.324 e. The summed E-state index contributed by atoms with van der Waals surface area (Å²) in [5.41, 5.74) is 2.84. The Labute approximate surface area is 117 Å². The van der Waals surface area contributed by atoms with Gasteiger partial charge >= 0.3 is 5.97 Å². The first-order valence-corrected chi connectivity index (χ1v) is 6.47. The lowest BCUT2D eigenvalue weighted by Crippen LogP contribution is -2.09. The van der Waals surface area contributed by atoms with E-state index in [1.807, 2.05) is 42.5 Å². The Balaban J connectivity index is 2.05. The van der Waals surface area contributed by atoms with Crippen LogP contribution in [0.3, 0.4) is 0 Å². The number of phenols is 1. The lowest BCUT2D eigenvalue weighted by Gasteiger charge is -2.07. The molecule has 0 unspecified atom stereocenters. The van der Waals surface area contributed by atoms with Crippen LogP contribution in [0.25, 0.3) is 11.1 Å². The molecule has 0 heterocycles. The Morgan fingerprint density at radius 2 is 1.85 bits per heavy atom. The molecule has 2 aromatic carbocycles. The summed E-state index contributed by atoms with van der Waals surface area (Å²) in [5, 5.41) is 10.0.